The summed E-state index contributed by atoms with van der Waals surface area (Å²) < 4.78 is 0. The SMILES string of the molecule is CC.CN1CCCC2(CCNCC2)C1=O.O=C1CCNCCN1. The summed E-state index contributed by atoms with van der Waals surface area (Å²) in [6.45, 7) is 9.49. The van der Waals surface area contributed by atoms with Crippen LogP contribution in [0.4, 0.5) is 0 Å². The molecule has 23 heavy (non-hydrogen) atoms. The van der Waals surface area contributed by atoms with E-state index in [0.29, 0.717) is 12.3 Å². The summed E-state index contributed by atoms with van der Waals surface area (Å²) in [5.41, 5.74) is 0.0122. The van der Waals surface area contributed by atoms with Crippen LogP contribution in [0.15, 0.2) is 0 Å². The van der Waals surface area contributed by atoms with Crippen LogP contribution in [0.2, 0.25) is 0 Å². The van der Waals surface area contributed by atoms with Crippen molar-refractivity contribution in [1.29, 1.82) is 0 Å². The lowest BCUT2D eigenvalue weighted by atomic mass is 9.72. The highest BCUT2D eigenvalue weighted by Crippen LogP contribution is 2.38. The number of piperidine rings is 2. The minimum absolute atomic E-state index is 0.0122. The average Bonchev–Trinajstić information content (AvgIpc) is 2.84. The fourth-order valence-electron chi connectivity index (χ4n) is 3.34. The Bertz CT molecular complexity index is 352. The summed E-state index contributed by atoms with van der Waals surface area (Å²) in [5, 5.41) is 9.16. The molecule has 6 nitrogen and oxygen atoms in total. The maximum Gasteiger partial charge on any atom is 0.228 e. The molecule has 3 aliphatic heterocycles. The minimum atomic E-state index is 0.0122. The van der Waals surface area contributed by atoms with Crippen molar-refractivity contribution in [3.8, 4) is 0 Å². The fourth-order valence-corrected chi connectivity index (χ4v) is 3.34. The number of hydrogen-bond donors (Lipinski definition) is 3. The standard InChI is InChI=1S/C10H18N2O.C5H10N2O.C2H6/c1-12-8-2-3-10(9(12)13)4-6-11-7-5-10;8-5-1-2-6-3-4-7-5;1-2/h11H,2-8H2,1H3;6H,1-4H2,(H,7,8);1-2H3. The summed E-state index contributed by atoms with van der Waals surface area (Å²) >= 11 is 0. The Kier molecular flexibility index (Phi) is 9.17. The monoisotopic (exact) mass is 326 g/mol. The van der Waals surface area contributed by atoms with Crippen LogP contribution >= 0.6 is 0 Å². The predicted molar refractivity (Wildman–Crippen MR) is 93.3 cm³/mol. The third-order valence-electron chi connectivity index (χ3n) is 4.66. The van der Waals surface area contributed by atoms with Crippen molar-refractivity contribution in [2.45, 2.75) is 46.0 Å². The summed E-state index contributed by atoms with van der Waals surface area (Å²) in [6, 6.07) is 0. The van der Waals surface area contributed by atoms with Crippen LogP contribution in [-0.4, -0.2) is 63.0 Å². The molecule has 2 amide bonds. The number of rotatable bonds is 0. The van der Waals surface area contributed by atoms with E-state index >= 15 is 0 Å². The second-order valence-electron chi connectivity index (χ2n) is 6.21. The first kappa shape index (κ1) is 19.9. The predicted octanol–water partition coefficient (Wildman–Crippen LogP) is 0.731. The van der Waals surface area contributed by atoms with E-state index in [1.54, 1.807) is 0 Å². The highest BCUT2D eigenvalue weighted by Gasteiger charge is 2.42. The van der Waals surface area contributed by atoms with Gasteiger partial charge in [0.05, 0.1) is 5.41 Å². The first-order valence-electron chi connectivity index (χ1n) is 9.08. The van der Waals surface area contributed by atoms with E-state index in [0.717, 1.165) is 58.5 Å². The number of nitrogens with zero attached hydrogens (tertiary/aromatic N) is 1. The van der Waals surface area contributed by atoms with Crippen LogP contribution in [0.5, 0.6) is 0 Å². The molecule has 0 atom stereocenters. The Morgan fingerprint density at radius 3 is 2.26 bits per heavy atom. The molecule has 0 aromatic rings. The van der Waals surface area contributed by atoms with Crippen LogP contribution in [-0.2, 0) is 9.59 Å². The molecule has 1 spiro atoms. The van der Waals surface area contributed by atoms with Crippen molar-refractivity contribution < 1.29 is 9.59 Å². The molecule has 3 aliphatic rings. The van der Waals surface area contributed by atoms with Crippen LogP contribution in [0.3, 0.4) is 0 Å². The molecule has 0 unspecified atom stereocenters. The van der Waals surface area contributed by atoms with Crippen molar-refractivity contribution in [3.63, 3.8) is 0 Å². The van der Waals surface area contributed by atoms with Crippen LogP contribution in [0, 0.1) is 5.41 Å². The fraction of sp³-hybridized carbons (Fsp3) is 0.882. The molecule has 6 heteroatoms. The van der Waals surface area contributed by atoms with Gasteiger partial charge in [0, 0.05) is 39.6 Å². The topological polar surface area (TPSA) is 73.5 Å². The molecule has 0 saturated carbocycles. The van der Waals surface area contributed by atoms with Gasteiger partial charge in [-0.15, -0.1) is 0 Å². The molecule has 0 aliphatic carbocycles. The van der Waals surface area contributed by atoms with Crippen molar-refractivity contribution in [3.05, 3.63) is 0 Å². The molecular formula is C17H34N4O2. The smallest absolute Gasteiger partial charge is 0.228 e. The highest BCUT2D eigenvalue weighted by molar-refractivity contribution is 5.83. The van der Waals surface area contributed by atoms with Gasteiger partial charge in [-0.3, -0.25) is 9.59 Å². The normalized spacial score (nSPS) is 23.7. The lowest BCUT2D eigenvalue weighted by Crippen LogP contribution is -2.51. The molecular weight excluding hydrogens is 292 g/mol. The second kappa shape index (κ2) is 10.6. The Morgan fingerprint density at radius 1 is 0.913 bits per heavy atom. The van der Waals surface area contributed by atoms with Crippen molar-refractivity contribution in [2.24, 2.45) is 5.41 Å². The Morgan fingerprint density at radius 2 is 1.57 bits per heavy atom. The van der Waals surface area contributed by atoms with Gasteiger partial charge in [0.2, 0.25) is 11.8 Å². The number of hydrogen-bond acceptors (Lipinski definition) is 4. The minimum Gasteiger partial charge on any atom is -0.355 e. The van der Waals surface area contributed by atoms with E-state index in [1.807, 2.05) is 25.8 Å². The molecule has 3 heterocycles. The van der Waals surface area contributed by atoms with Gasteiger partial charge in [-0.05, 0) is 38.8 Å². The van der Waals surface area contributed by atoms with Crippen molar-refractivity contribution >= 4 is 11.8 Å². The van der Waals surface area contributed by atoms with Gasteiger partial charge in [0.25, 0.3) is 0 Å². The number of likely N-dealkylation sites (tertiary alicyclic amines) is 1. The average molecular weight is 326 g/mol. The van der Waals surface area contributed by atoms with Crippen LogP contribution in [0.25, 0.3) is 0 Å². The summed E-state index contributed by atoms with van der Waals surface area (Å²) in [6.07, 6.45) is 4.99. The molecule has 0 aromatic heterocycles. The first-order valence-corrected chi connectivity index (χ1v) is 9.08. The van der Waals surface area contributed by atoms with Gasteiger partial charge >= 0.3 is 0 Å². The molecule has 3 N–H and O–H groups in total. The molecule has 3 fully saturated rings. The van der Waals surface area contributed by atoms with Gasteiger partial charge in [0.1, 0.15) is 0 Å². The van der Waals surface area contributed by atoms with Crippen LogP contribution in [0.1, 0.15) is 46.0 Å². The van der Waals surface area contributed by atoms with Gasteiger partial charge in [0.15, 0.2) is 0 Å². The third kappa shape index (κ3) is 6.11. The number of carbonyl (C=O) groups excluding carboxylic acids is 2. The number of carbonyl (C=O) groups is 2. The Hall–Kier alpha value is -1.14. The zero-order valence-electron chi connectivity index (χ0n) is 15.0. The maximum absolute atomic E-state index is 12.0. The van der Waals surface area contributed by atoms with Crippen molar-refractivity contribution in [2.75, 3.05) is 46.3 Å². The van der Waals surface area contributed by atoms with Crippen molar-refractivity contribution in [1.82, 2.24) is 20.9 Å². The zero-order valence-corrected chi connectivity index (χ0v) is 15.0. The van der Waals surface area contributed by atoms with Crippen LogP contribution < -0.4 is 16.0 Å². The second-order valence-corrected chi connectivity index (χ2v) is 6.21. The summed E-state index contributed by atoms with van der Waals surface area (Å²) in [7, 11) is 1.94. The van der Waals surface area contributed by atoms with E-state index in [-0.39, 0.29) is 11.3 Å². The van der Waals surface area contributed by atoms with E-state index in [2.05, 4.69) is 16.0 Å². The largest absolute Gasteiger partial charge is 0.355 e. The number of amides is 2. The molecule has 0 aromatic carbocycles. The van der Waals surface area contributed by atoms with Gasteiger partial charge in [-0.2, -0.15) is 0 Å². The third-order valence-corrected chi connectivity index (χ3v) is 4.66. The molecule has 3 saturated heterocycles. The maximum atomic E-state index is 12.0. The van der Waals surface area contributed by atoms with E-state index in [4.69, 9.17) is 0 Å². The summed E-state index contributed by atoms with van der Waals surface area (Å²) in [4.78, 5) is 24.4. The Balaban J connectivity index is 0.000000228. The highest BCUT2D eigenvalue weighted by atomic mass is 16.2. The van der Waals surface area contributed by atoms with Gasteiger partial charge in [-0.1, -0.05) is 13.8 Å². The molecule has 0 radical (unpaired) electrons. The quantitative estimate of drug-likeness (QED) is 0.614. The summed E-state index contributed by atoms with van der Waals surface area (Å²) in [5.74, 6) is 0.551. The lowest BCUT2D eigenvalue weighted by molar-refractivity contribution is -0.146. The van der Waals surface area contributed by atoms with Gasteiger partial charge in [-0.25, -0.2) is 0 Å². The first-order chi connectivity index (χ1) is 11.1. The molecule has 3 rings (SSSR count). The van der Waals surface area contributed by atoms with E-state index in [9.17, 15) is 9.59 Å². The van der Waals surface area contributed by atoms with E-state index in [1.165, 1.54) is 6.42 Å². The lowest BCUT2D eigenvalue weighted by Gasteiger charge is -2.42. The number of nitrogens with one attached hydrogen (secondary N) is 3. The Labute approximate surface area is 140 Å². The van der Waals surface area contributed by atoms with E-state index < -0.39 is 0 Å². The van der Waals surface area contributed by atoms with Gasteiger partial charge < -0.3 is 20.9 Å². The molecule has 0 bridgehead atoms. The zero-order chi connectivity index (χ0) is 17.1. The molecule has 134 valence electrons.